The van der Waals surface area contributed by atoms with Gasteiger partial charge in [-0.3, -0.25) is 4.90 Å². The summed E-state index contributed by atoms with van der Waals surface area (Å²) in [6.07, 6.45) is 6.77. The molecule has 0 unspecified atom stereocenters. The van der Waals surface area contributed by atoms with E-state index < -0.39 is 0 Å². The molecule has 0 spiro atoms. The highest BCUT2D eigenvalue weighted by Gasteiger charge is 2.18. The number of fused-ring (bicyclic) bond motifs is 1. The van der Waals surface area contributed by atoms with E-state index in [1.54, 1.807) is 0 Å². The van der Waals surface area contributed by atoms with Crippen LogP contribution in [0.1, 0.15) is 26.7 Å². The van der Waals surface area contributed by atoms with E-state index in [1.165, 1.54) is 48.1 Å². The monoisotopic (exact) mass is 283 g/mol. The van der Waals surface area contributed by atoms with Crippen LogP contribution in [-0.4, -0.2) is 35.6 Å². The van der Waals surface area contributed by atoms with Crippen LogP contribution in [0.4, 0.5) is 5.69 Å². The minimum Gasteiger partial charge on any atom is -0.382 e. The highest BCUT2D eigenvalue weighted by Crippen LogP contribution is 2.21. The molecule has 112 valence electrons. The molecule has 0 radical (unpaired) electrons. The fraction of sp³-hybridized carbons (Fsp3) is 0.444. The summed E-state index contributed by atoms with van der Waals surface area (Å²) in [6, 6.07) is 9.30. The van der Waals surface area contributed by atoms with E-state index in [9.17, 15) is 0 Å². The molecule has 0 aliphatic carbocycles. The van der Waals surface area contributed by atoms with Gasteiger partial charge in [-0.25, -0.2) is 0 Å². The van der Waals surface area contributed by atoms with Crippen molar-refractivity contribution in [1.82, 2.24) is 9.88 Å². The topological polar surface area (TPSA) is 31.1 Å². The number of anilines is 1. The molecule has 21 heavy (non-hydrogen) atoms. The zero-order valence-corrected chi connectivity index (χ0v) is 13.0. The van der Waals surface area contributed by atoms with Crippen LogP contribution in [0.2, 0.25) is 0 Å². The van der Waals surface area contributed by atoms with Gasteiger partial charge in [0.15, 0.2) is 0 Å². The fourth-order valence-corrected chi connectivity index (χ4v) is 2.95. The van der Waals surface area contributed by atoms with Crippen LogP contribution >= 0.6 is 0 Å². The molecule has 1 saturated heterocycles. The molecule has 0 saturated carbocycles. The maximum atomic E-state index is 3.69. The quantitative estimate of drug-likeness (QED) is 0.831. The van der Waals surface area contributed by atoms with Crippen molar-refractivity contribution in [2.24, 2.45) is 0 Å². The number of likely N-dealkylation sites (tertiary alicyclic amines) is 1. The summed E-state index contributed by atoms with van der Waals surface area (Å²) in [5.41, 5.74) is 3.86. The van der Waals surface area contributed by atoms with Gasteiger partial charge in [0.2, 0.25) is 0 Å². The number of nitrogens with one attached hydrogen (secondary N) is 2. The van der Waals surface area contributed by atoms with Crippen LogP contribution in [0.3, 0.4) is 0 Å². The Morgan fingerprint density at radius 2 is 2.10 bits per heavy atom. The minimum atomic E-state index is 0.601. The minimum absolute atomic E-state index is 0.601. The third-order valence-electron chi connectivity index (χ3n) is 4.27. The number of nitrogens with zero attached hydrogens (tertiary/aromatic N) is 1. The molecular formula is C18H25N3. The van der Waals surface area contributed by atoms with E-state index in [0.29, 0.717) is 6.04 Å². The molecule has 2 N–H and O–H groups in total. The Labute approximate surface area is 127 Å². The molecule has 2 heterocycles. The number of rotatable bonds is 4. The Kier molecular flexibility index (Phi) is 4.30. The van der Waals surface area contributed by atoms with Gasteiger partial charge >= 0.3 is 0 Å². The summed E-state index contributed by atoms with van der Waals surface area (Å²) in [5, 5.41) is 4.97. The third kappa shape index (κ3) is 3.67. The zero-order chi connectivity index (χ0) is 14.7. The lowest BCUT2D eigenvalue weighted by atomic mass is 10.0. The van der Waals surface area contributed by atoms with Crippen molar-refractivity contribution in [1.29, 1.82) is 0 Å². The first-order chi connectivity index (χ1) is 10.2. The lowest BCUT2D eigenvalue weighted by Crippen LogP contribution is -2.39. The predicted molar refractivity (Wildman–Crippen MR) is 90.8 cm³/mol. The van der Waals surface area contributed by atoms with Gasteiger partial charge in [0.25, 0.3) is 0 Å². The van der Waals surface area contributed by atoms with Crippen LogP contribution in [0.5, 0.6) is 0 Å². The normalized spacial score (nSPS) is 17.0. The van der Waals surface area contributed by atoms with Crippen LogP contribution in [0.25, 0.3) is 10.9 Å². The van der Waals surface area contributed by atoms with Gasteiger partial charge in [0.1, 0.15) is 0 Å². The molecule has 1 aliphatic rings. The van der Waals surface area contributed by atoms with E-state index >= 15 is 0 Å². The summed E-state index contributed by atoms with van der Waals surface area (Å²) in [4.78, 5) is 5.78. The number of H-pyrrole nitrogens is 1. The molecule has 1 aliphatic heterocycles. The molecule has 1 fully saturated rings. The molecule has 0 atom stereocenters. The van der Waals surface area contributed by atoms with Gasteiger partial charge in [-0.1, -0.05) is 11.6 Å². The lowest BCUT2D eigenvalue weighted by molar-refractivity contribution is 0.240. The zero-order valence-electron chi connectivity index (χ0n) is 13.0. The van der Waals surface area contributed by atoms with Gasteiger partial charge in [-0.05, 0) is 51.0 Å². The van der Waals surface area contributed by atoms with Gasteiger partial charge in [0, 0.05) is 48.5 Å². The van der Waals surface area contributed by atoms with Crippen molar-refractivity contribution in [3.05, 3.63) is 42.1 Å². The Morgan fingerprint density at radius 3 is 2.86 bits per heavy atom. The van der Waals surface area contributed by atoms with Crippen molar-refractivity contribution >= 4 is 16.6 Å². The van der Waals surface area contributed by atoms with Crippen molar-refractivity contribution < 1.29 is 0 Å². The van der Waals surface area contributed by atoms with Crippen molar-refractivity contribution in [2.75, 3.05) is 25.0 Å². The maximum Gasteiger partial charge on any atom is 0.0455 e. The number of hydrogen-bond donors (Lipinski definition) is 2. The predicted octanol–water partition coefficient (Wildman–Crippen LogP) is 4.01. The second-order valence-electron chi connectivity index (χ2n) is 6.28. The van der Waals surface area contributed by atoms with Crippen LogP contribution in [0.15, 0.2) is 42.1 Å². The smallest absolute Gasteiger partial charge is 0.0455 e. The molecule has 1 aromatic heterocycles. The van der Waals surface area contributed by atoms with E-state index in [4.69, 9.17) is 0 Å². The van der Waals surface area contributed by atoms with Crippen molar-refractivity contribution in [3.63, 3.8) is 0 Å². The highest BCUT2D eigenvalue weighted by atomic mass is 15.1. The molecule has 0 bridgehead atoms. The Bertz CT molecular complexity index is 614. The molecule has 0 amide bonds. The van der Waals surface area contributed by atoms with E-state index in [1.807, 2.05) is 6.20 Å². The maximum absolute atomic E-state index is 3.69. The summed E-state index contributed by atoms with van der Waals surface area (Å²) >= 11 is 0. The van der Waals surface area contributed by atoms with Crippen molar-refractivity contribution in [3.8, 4) is 0 Å². The molecule has 2 aromatic rings. The van der Waals surface area contributed by atoms with Gasteiger partial charge < -0.3 is 10.3 Å². The van der Waals surface area contributed by atoms with E-state index in [2.05, 4.69) is 59.4 Å². The Balaban J connectivity index is 1.54. The highest BCUT2D eigenvalue weighted by molar-refractivity contribution is 5.83. The molecule has 3 rings (SSSR count). The number of aromatic amines is 1. The number of aromatic nitrogens is 1. The van der Waals surface area contributed by atoms with Gasteiger partial charge in [-0.15, -0.1) is 0 Å². The van der Waals surface area contributed by atoms with Gasteiger partial charge in [0.05, 0.1) is 0 Å². The standard InChI is InChI=1S/C18H25N3/c1-14(2)6-10-21-11-7-16(8-12-21)20-17-3-4-18-15(13-17)5-9-19-18/h3-6,9,13,16,19-20H,7-8,10-12H2,1-2H3. The molecule has 1 aromatic carbocycles. The largest absolute Gasteiger partial charge is 0.382 e. The molecule has 3 heteroatoms. The van der Waals surface area contributed by atoms with Crippen molar-refractivity contribution in [2.45, 2.75) is 32.7 Å². The van der Waals surface area contributed by atoms with Crippen LogP contribution in [0, 0.1) is 0 Å². The molecule has 3 nitrogen and oxygen atoms in total. The number of allylic oxidation sites excluding steroid dienone is 1. The second kappa shape index (κ2) is 6.35. The summed E-state index contributed by atoms with van der Waals surface area (Å²) in [6.45, 7) is 7.82. The summed E-state index contributed by atoms with van der Waals surface area (Å²) in [7, 11) is 0. The third-order valence-corrected chi connectivity index (χ3v) is 4.27. The first-order valence-electron chi connectivity index (χ1n) is 7.90. The van der Waals surface area contributed by atoms with E-state index in [0.717, 1.165) is 6.54 Å². The molecular weight excluding hydrogens is 258 g/mol. The van der Waals surface area contributed by atoms with Crippen LogP contribution in [-0.2, 0) is 0 Å². The lowest BCUT2D eigenvalue weighted by Gasteiger charge is -2.32. The Morgan fingerprint density at radius 1 is 1.29 bits per heavy atom. The van der Waals surface area contributed by atoms with Gasteiger partial charge in [-0.2, -0.15) is 0 Å². The van der Waals surface area contributed by atoms with E-state index in [-0.39, 0.29) is 0 Å². The first-order valence-corrected chi connectivity index (χ1v) is 7.90. The number of piperidine rings is 1. The number of benzene rings is 1. The van der Waals surface area contributed by atoms with Crippen LogP contribution < -0.4 is 5.32 Å². The average molecular weight is 283 g/mol. The summed E-state index contributed by atoms with van der Waals surface area (Å²) < 4.78 is 0. The first kappa shape index (κ1) is 14.2. The summed E-state index contributed by atoms with van der Waals surface area (Å²) in [5.74, 6) is 0. The second-order valence-corrected chi connectivity index (χ2v) is 6.28. The number of hydrogen-bond acceptors (Lipinski definition) is 2. The fourth-order valence-electron chi connectivity index (χ4n) is 2.95. The Hall–Kier alpha value is -1.74. The average Bonchev–Trinajstić information content (AvgIpc) is 2.94. The SMILES string of the molecule is CC(C)=CCN1CCC(Nc2ccc3[nH]ccc3c2)CC1.